The number of para-hydroxylation sites is 1. The van der Waals surface area contributed by atoms with E-state index in [1.54, 1.807) is 0 Å². The van der Waals surface area contributed by atoms with E-state index in [9.17, 15) is 0 Å². The molecule has 0 saturated carbocycles. The largest absolute Gasteiger partial charge is 0.233 e. The van der Waals surface area contributed by atoms with Crippen LogP contribution in [0.5, 0.6) is 0 Å². The number of benzene rings is 2. The molecular formula is C20H22N2. The lowest BCUT2D eigenvalue weighted by molar-refractivity contribution is 0.733. The first-order valence-corrected chi connectivity index (χ1v) is 7.94. The molecule has 2 nitrogen and oxygen atoms in total. The molecule has 0 bridgehead atoms. The van der Waals surface area contributed by atoms with Crippen molar-refractivity contribution in [3.63, 3.8) is 0 Å². The van der Waals surface area contributed by atoms with Crippen molar-refractivity contribution in [2.45, 2.75) is 40.0 Å². The van der Waals surface area contributed by atoms with E-state index in [0.29, 0.717) is 5.92 Å². The second kappa shape index (κ2) is 5.88. The Labute approximate surface area is 132 Å². The third-order valence-electron chi connectivity index (χ3n) is 4.33. The van der Waals surface area contributed by atoms with Crippen LogP contribution in [0.3, 0.4) is 0 Å². The Hall–Kier alpha value is -2.22. The standard InChI is InChI=1S/C20H22N2/c1-5-14(3)16-10-13(2)11-17(12-16)20-21-15(4)18-8-6-7-9-19(18)22-20/h6-12,14H,5H2,1-4H3. The number of aryl methyl sites for hydroxylation is 2. The second-order valence-electron chi connectivity index (χ2n) is 6.09. The third kappa shape index (κ3) is 2.74. The summed E-state index contributed by atoms with van der Waals surface area (Å²) in [6, 6.07) is 14.9. The Morgan fingerprint density at radius 1 is 1.00 bits per heavy atom. The molecule has 22 heavy (non-hydrogen) atoms. The van der Waals surface area contributed by atoms with Crippen molar-refractivity contribution in [2.24, 2.45) is 0 Å². The van der Waals surface area contributed by atoms with Gasteiger partial charge in [0.15, 0.2) is 5.82 Å². The van der Waals surface area contributed by atoms with Crippen LogP contribution in [0.2, 0.25) is 0 Å². The fourth-order valence-electron chi connectivity index (χ4n) is 2.83. The second-order valence-corrected chi connectivity index (χ2v) is 6.09. The summed E-state index contributed by atoms with van der Waals surface area (Å²) in [5, 5.41) is 1.13. The summed E-state index contributed by atoms with van der Waals surface area (Å²) in [6.07, 6.45) is 1.14. The molecule has 112 valence electrons. The molecule has 1 unspecified atom stereocenters. The lowest BCUT2D eigenvalue weighted by Crippen LogP contribution is -1.97. The molecule has 0 N–H and O–H groups in total. The molecule has 3 aromatic rings. The molecule has 2 heteroatoms. The highest BCUT2D eigenvalue weighted by molar-refractivity contribution is 5.82. The summed E-state index contributed by atoms with van der Waals surface area (Å²) in [5.74, 6) is 1.38. The van der Waals surface area contributed by atoms with Gasteiger partial charge in [0.05, 0.1) is 5.52 Å². The van der Waals surface area contributed by atoms with Crippen LogP contribution >= 0.6 is 0 Å². The van der Waals surface area contributed by atoms with Crippen molar-refractivity contribution >= 4 is 10.9 Å². The Kier molecular flexibility index (Phi) is 3.93. The Morgan fingerprint density at radius 3 is 2.55 bits per heavy atom. The molecule has 0 fully saturated rings. The highest BCUT2D eigenvalue weighted by Gasteiger charge is 2.10. The van der Waals surface area contributed by atoms with Crippen LogP contribution in [-0.2, 0) is 0 Å². The van der Waals surface area contributed by atoms with Gasteiger partial charge in [0.25, 0.3) is 0 Å². The lowest BCUT2D eigenvalue weighted by Gasteiger charge is -2.13. The number of aromatic nitrogens is 2. The van der Waals surface area contributed by atoms with Crippen LogP contribution in [-0.4, -0.2) is 9.97 Å². The number of rotatable bonds is 3. The van der Waals surface area contributed by atoms with E-state index in [-0.39, 0.29) is 0 Å². The van der Waals surface area contributed by atoms with Gasteiger partial charge in [0.1, 0.15) is 0 Å². The molecule has 0 saturated heterocycles. The predicted molar refractivity (Wildman–Crippen MR) is 93.2 cm³/mol. The van der Waals surface area contributed by atoms with E-state index in [4.69, 9.17) is 9.97 Å². The van der Waals surface area contributed by atoms with Gasteiger partial charge in [-0.3, -0.25) is 0 Å². The topological polar surface area (TPSA) is 25.8 Å². The maximum atomic E-state index is 4.76. The zero-order valence-corrected chi connectivity index (χ0v) is 13.7. The zero-order chi connectivity index (χ0) is 15.7. The molecule has 1 aromatic heterocycles. The van der Waals surface area contributed by atoms with Crippen molar-refractivity contribution in [3.8, 4) is 11.4 Å². The predicted octanol–water partition coefficient (Wildman–Crippen LogP) is 5.43. The molecule has 0 spiro atoms. The summed E-state index contributed by atoms with van der Waals surface area (Å²) >= 11 is 0. The molecule has 0 aliphatic heterocycles. The van der Waals surface area contributed by atoms with E-state index in [2.05, 4.69) is 58.0 Å². The SMILES string of the molecule is CCC(C)c1cc(C)cc(-c2nc(C)c3ccccc3n2)c1. The molecular weight excluding hydrogens is 268 g/mol. The Balaban J connectivity index is 2.17. The molecule has 1 atom stereocenters. The van der Waals surface area contributed by atoms with Gasteiger partial charge in [-0.05, 0) is 49.9 Å². The number of hydrogen-bond donors (Lipinski definition) is 0. The van der Waals surface area contributed by atoms with E-state index < -0.39 is 0 Å². The highest BCUT2D eigenvalue weighted by atomic mass is 14.9. The van der Waals surface area contributed by atoms with Crippen LogP contribution in [0, 0.1) is 13.8 Å². The number of hydrogen-bond acceptors (Lipinski definition) is 2. The molecule has 0 radical (unpaired) electrons. The first-order valence-electron chi connectivity index (χ1n) is 7.94. The quantitative estimate of drug-likeness (QED) is 0.643. The zero-order valence-electron chi connectivity index (χ0n) is 13.7. The van der Waals surface area contributed by atoms with Crippen LogP contribution in [0.1, 0.15) is 43.0 Å². The average Bonchev–Trinajstić information content (AvgIpc) is 2.53. The Morgan fingerprint density at radius 2 is 1.77 bits per heavy atom. The summed E-state index contributed by atoms with van der Waals surface area (Å²) < 4.78 is 0. The van der Waals surface area contributed by atoms with Gasteiger partial charge < -0.3 is 0 Å². The lowest BCUT2D eigenvalue weighted by atomic mass is 9.94. The van der Waals surface area contributed by atoms with Crippen molar-refractivity contribution in [1.29, 1.82) is 0 Å². The summed E-state index contributed by atoms with van der Waals surface area (Å²) in [7, 11) is 0. The summed E-state index contributed by atoms with van der Waals surface area (Å²) in [5.41, 5.74) is 5.79. The normalized spacial score (nSPS) is 12.5. The van der Waals surface area contributed by atoms with E-state index in [0.717, 1.165) is 34.4 Å². The number of nitrogens with zero attached hydrogens (tertiary/aromatic N) is 2. The van der Waals surface area contributed by atoms with Gasteiger partial charge in [-0.15, -0.1) is 0 Å². The van der Waals surface area contributed by atoms with Gasteiger partial charge in [-0.25, -0.2) is 9.97 Å². The van der Waals surface area contributed by atoms with E-state index in [1.165, 1.54) is 11.1 Å². The minimum Gasteiger partial charge on any atom is -0.233 e. The first kappa shape index (κ1) is 14.7. The van der Waals surface area contributed by atoms with Crippen molar-refractivity contribution in [1.82, 2.24) is 9.97 Å². The van der Waals surface area contributed by atoms with Gasteiger partial charge in [0.2, 0.25) is 0 Å². The fourth-order valence-corrected chi connectivity index (χ4v) is 2.83. The van der Waals surface area contributed by atoms with E-state index >= 15 is 0 Å². The van der Waals surface area contributed by atoms with Crippen LogP contribution in [0.15, 0.2) is 42.5 Å². The minimum atomic E-state index is 0.556. The van der Waals surface area contributed by atoms with Gasteiger partial charge >= 0.3 is 0 Å². The first-order chi connectivity index (χ1) is 10.6. The highest BCUT2D eigenvalue weighted by Crippen LogP contribution is 2.27. The van der Waals surface area contributed by atoms with Crippen molar-refractivity contribution < 1.29 is 0 Å². The monoisotopic (exact) mass is 290 g/mol. The molecule has 0 amide bonds. The smallest absolute Gasteiger partial charge is 0.160 e. The Bertz CT molecular complexity index is 821. The van der Waals surface area contributed by atoms with Crippen LogP contribution in [0.4, 0.5) is 0 Å². The van der Waals surface area contributed by atoms with Gasteiger partial charge in [-0.1, -0.05) is 43.7 Å². The maximum Gasteiger partial charge on any atom is 0.160 e. The van der Waals surface area contributed by atoms with Crippen molar-refractivity contribution in [2.75, 3.05) is 0 Å². The maximum absolute atomic E-state index is 4.76. The molecule has 1 heterocycles. The molecule has 3 rings (SSSR count). The number of fused-ring (bicyclic) bond motifs is 1. The van der Waals surface area contributed by atoms with Crippen molar-refractivity contribution in [3.05, 3.63) is 59.3 Å². The summed E-state index contributed by atoms with van der Waals surface area (Å²) in [6.45, 7) is 8.69. The van der Waals surface area contributed by atoms with Gasteiger partial charge in [0, 0.05) is 16.6 Å². The third-order valence-corrected chi connectivity index (χ3v) is 4.33. The molecule has 0 aliphatic carbocycles. The van der Waals surface area contributed by atoms with Crippen LogP contribution in [0.25, 0.3) is 22.3 Å². The molecule has 0 aliphatic rings. The van der Waals surface area contributed by atoms with Gasteiger partial charge in [-0.2, -0.15) is 0 Å². The average molecular weight is 290 g/mol. The van der Waals surface area contributed by atoms with E-state index in [1.807, 2.05) is 12.1 Å². The fraction of sp³-hybridized carbons (Fsp3) is 0.300. The molecule has 2 aromatic carbocycles. The summed E-state index contributed by atoms with van der Waals surface area (Å²) in [4.78, 5) is 9.49. The minimum absolute atomic E-state index is 0.556. The van der Waals surface area contributed by atoms with Crippen LogP contribution < -0.4 is 0 Å².